The molecule has 0 bridgehead atoms. The maximum Gasteiger partial charge on any atom is 0.339 e. The average molecular weight is 274 g/mol. The summed E-state index contributed by atoms with van der Waals surface area (Å²) in [6, 6.07) is 9.24. The molecule has 0 aliphatic heterocycles. The first-order valence-electron chi connectivity index (χ1n) is 6.19. The van der Waals surface area contributed by atoms with E-state index in [4.69, 9.17) is 9.84 Å². The van der Waals surface area contributed by atoms with Crippen LogP contribution in [0.3, 0.4) is 0 Å². The van der Waals surface area contributed by atoms with Gasteiger partial charge in [-0.1, -0.05) is 18.2 Å². The molecule has 4 heteroatoms. The molecule has 0 aliphatic carbocycles. The normalized spacial score (nSPS) is 10.3. The van der Waals surface area contributed by atoms with Crippen LogP contribution in [0.15, 0.2) is 36.4 Å². The van der Waals surface area contributed by atoms with Gasteiger partial charge in [0.15, 0.2) is 0 Å². The van der Waals surface area contributed by atoms with E-state index in [2.05, 4.69) is 0 Å². The monoisotopic (exact) mass is 274 g/mol. The van der Waals surface area contributed by atoms with Crippen molar-refractivity contribution in [3.63, 3.8) is 0 Å². The first-order valence-corrected chi connectivity index (χ1v) is 6.19. The fourth-order valence-corrected chi connectivity index (χ4v) is 1.85. The molecule has 0 amide bonds. The van der Waals surface area contributed by atoms with Crippen molar-refractivity contribution in [3.05, 3.63) is 64.5 Å². The highest BCUT2D eigenvalue weighted by atomic mass is 19.1. The van der Waals surface area contributed by atoms with Crippen LogP contribution in [-0.2, 0) is 6.61 Å². The fourth-order valence-electron chi connectivity index (χ4n) is 1.85. The summed E-state index contributed by atoms with van der Waals surface area (Å²) in [5.41, 5.74) is 3.17. The summed E-state index contributed by atoms with van der Waals surface area (Å²) in [6.45, 7) is 4.20. The van der Waals surface area contributed by atoms with Crippen LogP contribution in [0.4, 0.5) is 4.39 Å². The zero-order valence-corrected chi connectivity index (χ0v) is 11.3. The molecular weight excluding hydrogens is 259 g/mol. The maximum atomic E-state index is 13.2. The molecule has 0 saturated carbocycles. The smallest absolute Gasteiger partial charge is 0.339 e. The van der Waals surface area contributed by atoms with E-state index >= 15 is 0 Å². The van der Waals surface area contributed by atoms with Crippen LogP contribution in [0, 0.1) is 19.7 Å². The van der Waals surface area contributed by atoms with Crippen LogP contribution in [0.5, 0.6) is 5.75 Å². The van der Waals surface area contributed by atoms with Crippen molar-refractivity contribution in [3.8, 4) is 5.75 Å². The number of hydrogen-bond acceptors (Lipinski definition) is 2. The molecule has 0 unspecified atom stereocenters. The van der Waals surface area contributed by atoms with Crippen molar-refractivity contribution in [1.82, 2.24) is 0 Å². The van der Waals surface area contributed by atoms with Gasteiger partial charge in [0.05, 0.1) is 0 Å². The Morgan fingerprint density at radius 1 is 1.15 bits per heavy atom. The molecule has 20 heavy (non-hydrogen) atoms. The maximum absolute atomic E-state index is 13.2. The zero-order valence-electron chi connectivity index (χ0n) is 11.3. The predicted molar refractivity (Wildman–Crippen MR) is 73.6 cm³/mol. The van der Waals surface area contributed by atoms with Gasteiger partial charge < -0.3 is 9.84 Å². The van der Waals surface area contributed by atoms with Crippen molar-refractivity contribution in [2.24, 2.45) is 0 Å². The van der Waals surface area contributed by atoms with E-state index in [1.165, 1.54) is 11.6 Å². The number of aryl methyl sites for hydroxylation is 2. The molecule has 2 aromatic rings. The van der Waals surface area contributed by atoms with Gasteiger partial charge in [0.1, 0.15) is 23.7 Å². The Bertz CT molecular complexity index is 650. The molecule has 0 heterocycles. The summed E-state index contributed by atoms with van der Waals surface area (Å²) in [6.07, 6.45) is 0. The van der Waals surface area contributed by atoms with E-state index in [0.29, 0.717) is 0 Å². The average Bonchev–Trinajstić information content (AvgIpc) is 2.40. The van der Waals surface area contributed by atoms with Crippen LogP contribution < -0.4 is 4.74 Å². The largest absolute Gasteiger partial charge is 0.488 e. The van der Waals surface area contributed by atoms with Gasteiger partial charge in [-0.05, 0) is 42.7 Å². The van der Waals surface area contributed by atoms with E-state index in [-0.39, 0.29) is 17.9 Å². The second-order valence-electron chi connectivity index (χ2n) is 4.65. The molecule has 104 valence electrons. The lowest BCUT2D eigenvalue weighted by atomic mass is 10.1. The Labute approximate surface area is 116 Å². The van der Waals surface area contributed by atoms with Crippen LogP contribution in [0.2, 0.25) is 0 Å². The third-order valence-electron chi connectivity index (χ3n) is 3.14. The molecule has 1 N–H and O–H groups in total. The van der Waals surface area contributed by atoms with Gasteiger partial charge in [-0.15, -0.1) is 0 Å². The molecule has 0 atom stereocenters. The summed E-state index contributed by atoms with van der Waals surface area (Å²) in [5.74, 6) is -1.62. The molecule has 0 fully saturated rings. The number of halogens is 1. The van der Waals surface area contributed by atoms with Gasteiger partial charge in [-0.25, -0.2) is 9.18 Å². The quantitative estimate of drug-likeness (QED) is 0.924. The Balaban J connectivity index is 2.20. The lowest BCUT2D eigenvalue weighted by Gasteiger charge is -2.10. The summed E-state index contributed by atoms with van der Waals surface area (Å²) in [5, 5.41) is 9.03. The van der Waals surface area contributed by atoms with Gasteiger partial charge in [0, 0.05) is 6.07 Å². The highest BCUT2D eigenvalue weighted by Gasteiger charge is 2.12. The van der Waals surface area contributed by atoms with E-state index < -0.39 is 11.8 Å². The minimum Gasteiger partial charge on any atom is -0.488 e. The molecular formula is C16H15FO3. The minimum absolute atomic E-state index is 0.0377. The standard InChI is InChI=1S/C16H15FO3/c1-10-3-4-12(7-11(10)2)9-20-15-8-13(17)5-6-14(15)16(18)19/h3-8H,9H2,1-2H3,(H,18,19). The molecule has 0 radical (unpaired) electrons. The molecule has 0 spiro atoms. The van der Waals surface area contributed by atoms with Crippen LogP contribution >= 0.6 is 0 Å². The number of ether oxygens (including phenoxy) is 1. The Morgan fingerprint density at radius 3 is 2.55 bits per heavy atom. The second-order valence-corrected chi connectivity index (χ2v) is 4.65. The van der Waals surface area contributed by atoms with Gasteiger partial charge in [0.25, 0.3) is 0 Å². The fraction of sp³-hybridized carbons (Fsp3) is 0.188. The highest BCUT2D eigenvalue weighted by molar-refractivity contribution is 5.90. The lowest BCUT2D eigenvalue weighted by Crippen LogP contribution is -2.04. The van der Waals surface area contributed by atoms with Gasteiger partial charge in [0.2, 0.25) is 0 Å². The van der Waals surface area contributed by atoms with Crippen LogP contribution in [0.25, 0.3) is 0 Å². The Kier molecular flexibility index (Phi) is 4.03. The van der Waals surface area contributed by atoms with E-state index in [9.17, 15) is 9.18 Å². The minimum atomic E-state index is -1.14. The van der Waals surface area contributed by atoms with Gasteiger partial charge >= 0.3 is 5.97 Å². The van der Waals surface area contributed by atoms with Crippen molar-refractivity contribution < 1.29 is 19.0 Å². The summed E-state index contributed by atoms with van der Waals surface area (Å²) in [4.78, 5) is 11.0. The SMILES string of the molecule is Cc1ccc(COc2cc(F)ccc2C(=O)O)cc1C. The second kappa shape index (κ2) is 5.74. The first kappa shape index (κ1) is 14.1. The number of carboxylic acid groups (broad SMARTS) is 1. The number of carboxylic acids is 1. The number of benzene rings is 2. The summed E-state index contributed by atoms with van der Waals surface area (Å²) in [7, 11) is 0. The zero-order chi connectivity index (χ0) is 14.7. The summed E-state index contributed by atoms with van der Waals surface area (Å²) >= 11 is 0. The van der Waals surface area contributed by atoms with Gasteiger partial charge in [-0.2, -0.15) is 0 Å². The molecule has 0 saturated heterocycles. The number of hydrogen-bond donors (Lipinski definition) is 1. The van der Waals surface area contributed by atoms with E-state index in [1.54, 1.807) is 0 Å². The molecule has 0 aliphatic rings. The Morgan fingerprint density at radius 2 is 1.90 bits per heavy atom. The van der Waals surface area contributed by atoms with Crippen molar-refractivity contribution in [2.75, 3.05) is 0 Å². The van der Waals surface area contributed by atoms with Gasteiger partial charge in [-0.3, -0.25) is 0 Å². The van der Waals surface area contributed by atoms with Crippen LogP contribution in [0.1, 0.15) is 27.0 Å². The van der Waals surface area contributed by atoms with Crippen molar-refractivity contribution in [1.29, 1.82) is 0 Å². The third kappa shape index (κ3) is 3.15. The molecule has 2 rings (SSSR count). The van der Waals surface area contributed by atoms with E-state index in [0.717, 1.165) is 23.3 Å². The number of carbonyl (C=O) groups is 1. The highest BCUT2D eigenvalue weighted by Crippen LogP contribution is 2.21. The lowest BCUT2D eigenvalue weighted by molar-refractivity contribution is 0.0691. The van der Waals surface area contributed by atoms with Crippen molar-refractivity contribution in [2.45, 2.75) is 20.5 Å². The number of rotatable bonds is 4. The Hall–Kier alpha value is -2.36. The number of aromatic carboxylic acids is 1. The molecule has 0 aromatic heterocycles. The topological polar surface area (TPSA) is 46.5 Å². The first-order chi connectivity index (χ1) is 9.47. The summed E-state index contributed by atoms with van der Waals surface area (Å²) < 4.78 is 18.6. The molecule has 2 aromatic carbocycles. The third-order valence-corrected chi connectivity index (χ3v) is 3.14. The molecule has 3 nitrogen and oxygen atoms in total. The van der Waals surface area contributed by atoms with E-state index in [1.807, 2.05) is 32.0 Å². The van der Waals surface area contributed by atoms with Crippen molar-refractivity contribution >= 4 is 5.97 Å². The van der Waals surface area contributed by atoms with Crippen LogP contribution in [-0.4, -0.2) is 11.1 Å². The predicted octanol–water partition coefficient (Wildman–Crippen LogP) is 3.72.